The molecule has 6 rings (SSSR count). The van der Waals surface area contributed by atoms with Crippen molar-refractivity contribution in [1.29, 1.82) is 0 Å². The van der Waals surface area contributed by atoms with Gasteiger partial charge in [-0.15, -0.1) is 10.2 Å². The summed E-state index contributed by atoms with van der Waals surface area (Å²) < 4.78 is 8.92. The van der Waals surface area contributed by atoms with Crippen molar-refractivity contribution < 1.29 is 9.21 Å². The number of aryl methyl sites for hydroxylation is 1. The van der Waals surface area contributed by atoms with Crippen LogP contribution < -0.4 is 0 Å². The summed E-state index contributed by atoms with van der Waals surface area (Å²) in [7, 11) is 1.78. The number of aromatic amines is 1. The summed E-state index contributed by atoms with van der Waals surface area (Å²) in [5.74, 6) is -0.333. The highest BCUT2D eigenvalue weighted by atomic mass is 35.5. The molecule has 0 radical (unpaired) electrons. The van der Waals surface area contributed by atoms with E-state index in [0.717, 1.165) is 16.9 Å². The molecule has 0 aliphatic carbocycles. The molecule has 0 aromatic carbocycles. The second-order valence-corrected chi connectivity index (χ2v) is 7.85. The maximum Gasteiger partial charge on any atom is 0.312 e. The fraction of sp³-hybridized carbons (Fsp3) is 0.200. The van der Waals surface area contributed by atoms with Crippen LogP contribution >= 0.6 is 11.6 Å². The number of H-pyrrole nitrogens is 1. The Kier molecular flexibility index (Phi) is 4.12. The zero-order valence-electron chi connectivity index (χ0n) is 16.8. The minimum atomic E-state index is -0.529. The van der Waals surface area contributed by atoms with E-state index in [1.165, 1.54) is 0 Å². The van der Waals surface area contributed by atoms with Gasteiger partial charge in [0, 0.05) is 31.9 Å². The topological polar surface area (TPSA) is 123 Å². The van der Waals surface area contributed by atoms with Crippen molar-refractivity contribution in [1.82, 2.24) is 44.5 Å². The first-order valence-corrected chi connectivity index (χ1v) is 10.3. The van der Waals surface area contributed by atoms with Crippen LogP contribution in [0.25, 0.3) is 17.1 Å². The fourth-order valence-electron chi connectivity index (χ4n) is 3.99. The molecule has 1 aliphatic rings. The maximum atomic E-state index is 13.5. The summed E-state index contributed by atoms with van der Waals surface area (Å²) >= 11 is 6.30. The average Bonchev–Trinajstić information content (AvgIpc) is 3.57. The lowest BCUT2D eigenvalue weighted by Crippen LogP contribution is -2.41. The van der Waals surface area contributed by atoms with Gasteiger partial charge in [0.2, 0.25) is 0 Å². The lowest BCUT2D eigenvalue weighted by Gasteiger charge is -2.32. The Hall–Kier alpha value is -3.99. The van der Waals surface area contributed by atoms with E-state index >= 15 is 0 Å². The van der Waals surface area contributed by atoms with Crippen LogP contribution in [-0.2, 0) is 13.5 Å². The number of imidazole rings is 1. The van der Waals surface area contributed by atoms with Crippen LogP contribution in [0, 0.1) is 0 Å². The molecule has 0 saturated heterocycles. The SMILES string of the molecule is Cn1ccc(-c2nnc(C(=O)N3CCc4[nH]cnc4C3c3cc4cccc(Cl)n4n3)o2)n1. The second kappa shape index (κ2) is 7.02. The van der Waals surface area contributed by atoms with Crippen LogP contribution in [0.5, 0.6) is 0 Å². The van der Waals surface area contributed by atoms with E-state index in [-0.39, 0.29) is 11.8 Å². The summed E-state index contributed by atoms with van der Waals surface area (Å²) in [5, 5.41) is 17.3. The van der Waals surface area contributed by atoms with Gasteiger partial charge in [0.25, 0.3) is 5.89 Å². The number of nitrogens with zero attached hydrogens (tertiary/aromatic N) is 8. The molecule has 11 nitrogen and oxygen atoms in total. The van der Waals surface area contributed by atoms with Crippen molar-refractivity contribution in [2.45, 2.75) is 12.5 Å². The monoisotopic (exact) mass is 449 g/mol. The molecule has 1 N–H and O–H groups in total. The third-order valence-corrected chi connectivity index (χ3v) is 5.75. The van der Waals surface area contributed by atoms with E-state index in [2.05, 4.69) is 30.4 Å². The summed E-state index contributed by atoms with van der Waals surface area (Å²) in [6, 6.07) is 8.62. The molecule has 160 valence electrons. The molecule has 0 saturated carbocycles. The van der Waals surface area contributed by atoms with Crippen LogP contribution in [0.2, 0.25) is 5.15 Å². The molecular weight excluding hydrogens is 434 g/mol. The highest BCUT2D eigenvalue weighted by Crippen LogP contribution is 2.34. The van der Waals surface area contributed by atoms with E-state index in [1.54, 1.807) is 45.8 Å². The van der Waals surface area contributed by atoms with Crippen molar-refractivity contribution in [3.8, 4) is 11.6 Å². The second-order valence-electron chi connectivity index (χ2n) is 7.46. The van der Waals surface area contributed by atoms with Gasteiger partial charge < -0.3 is 14.3 Å². The van der Waals surface area contributed by atoms with Crippen LogP contribution in [0.3, 0.4) is 0 Å². The molecule has 0 fully saturated rings. The Morgan fingerprint density at radius 1 is 1.25 bits per heavy atom. The number of nitrogens with one attached hydrogen (secondary N) is 1. The Labute approximate surface area is 185 Å². The molecule has 1 aliphatic heterocycles. The molecule has 5 aromatic rings. The molecule has 0 spiro atoms. The average molecular weight is 450 g/mol. The third-order valence-electron chi connectivity index (χ3n) is 5.47. The van der Waals surface area contributed by atoms with Crippen LogP contribution in [0.15, 0.2) is 47.3 Å². The van der Waals surface area contributed by atoms with Crippen LogP contribution in [-0.4, -0.2) is 56.9 Å². The lowest BCUT2D eigenvalue weighted by atomic mass is 9.99. The van der Waals surface area contributed by atoms with E-state index in [4.69, 9.17) is 16.0 Å². The van der Waals surface area contributed by atoms with Crippen molar-refractivity contribution >= 4 is 23.0 Å². The molecule has 6 heterocycles. The van der Waals surface area contributed by atoms with Crippen molar-refractivity contribution in [3.05, 3.63) is 71.0 Å². The van der Waals surface area contributed by atoms with Gasteiger partial charge in [-0.2, -0.15) is 10.2 Å². The lowest BCUT2D eigenvalue weighted by molar-refractivity contribution is 0.0646. The van der Waals surface area contributed by atoms with Gasteiger partial charge in [-0.05, 0) is 24.3 Å². The summed E-state index contributed by atoms with van der Waals surface area (Å²) in [5.41, 5.74) is 3.65. The van der Waals surface area contributed by atoms with Gasteiger partial charge in [0.1, 0.15) is 16.9 Å². The predicted octanol–water partition coefficient (Wildman–Crippen LogP) is 2.28. The Bertz CT molecular complexity index is 1460. The fourth-order valence-corrected chi connectivity index (χ4v) is 4.20. The van der Waals surface area contributed by atoms with Crippen molar-refractivity contribution in [2.75, 3.05) is 6.54 Å². The van der Waals surface area contributed by atoms with E-state index < -0.39 is 11.9 Å². The first-order chi connectivity index (χ1) is 15.6. The summed E-state index contributed by atoms with van der Waals surface area (Å²) in [6.45, 7) is 0.432. The smallest absolute Gasteiger partial charge is 0.312 e. The Balaban J connectivity index is 1.41. The van der Waals surface area contributed by atoms with E-state index in [0.29, 0.717) is 29.5 Å². The Morgan fingerprint density at radius 3 is 2.97 bits per heavy atom. The highest BCUT2D eigenvalue weighted by Gasteiger charge is 2.38. The number of hydrogen-bond acceptors (Lipinski definition) is 7. The number of carbonyl (C=O) groups is 1. The van der Waals surface area contributed by atoms with E-state index in [9.17, 15) is 4.79 Å². The largest absolute Gasteiger partial charge is 0.411 e. The third kappa shape index (κ3) is 2.89. The number of rotatable bonds is 3. The number of fused-ring (bicyclic) bond motifs is 2. The van der Waals surface area contributed by atoms with E-state index in [1.807, 2.05) is 18.2 Å². The van der Waals surface area contributed by atoms with Gasteiger partial charge in [-0.25, -0.2) is 9.50 Å². The number of aromatic nitrogens is 8. The standard InChI is InChI=1S/C20H16ClN9O2/c1-28-7-5-13(26-28)18-24-25-19(32-18)20(31)29-8-6-12-16(23-10-22-12)17(29)14-9-11-3-2-4-15(21)30(11)27-14/h2-5,7,9-10,17H,6,8H2,1H3,(H,22,23). The molecule has 0 bridgehead atoms. The van der Waals surface area contributed by atoms with Crippen molar-refractivity contribution in [3.63, 3.8) is 0 Å². The normalized spacial score (nSPS) is 15.9. The zero-order valence-corrected chi connectivity index (χ0v) is 17.6. The number of carbonyl (C=O) groups excluding carboxylic acids is 1. The number of amides is 1. The van der Waals surface area contributed by atoms with Gasteiger partial charge in [-0.1, -0.05) is 17.7 Å². The zero-order chi connectivity index (χ0) is 21.8. The van der Waals surface area contributed by atoms with Gasteiger partial charge in [0.05, 0.1) is 23.2 Å². The van der Waals surface area contributed by atoms with Gasteiger partial charge in [0.15, 0.2) is 0 Å². The highest BCUT2D eigenvalue weighted by molar-refractivity contribution is 6.29. The summed E-state index contributed by atoms with van der Waals surface area (Å²) in [6.07, 6.45) is 4.00. The number of halogens is 1. The van der Waals surface area contributed by atoms with Crippen LogP contribution in [0.1, 0.15) is 33.8 Å². The first-order valence-electron chi connectivity index (χ1n) is 9.89. The maximum absolute atomic E-state index is 13.5. The minimum Gasteiger partial charge on any atom is -0.411 e. The predicted molar refractivity (Wildman–Crippen MR) is 112 cm³/mol. The molecule has 1 unspecified atom stereocenters. The minimum absolute atomic E-state index is 0.114. The number of pyridine rings is 1. The molecule has 1 amide bonds. The van der Waals surface area contributed by atoms with Crippen LogP contribution in [0.4, 0.5) is 0 Å². The molecule has 32 heavy (non-hydrogen) atoms. The van der Waals surface area contributed by atoms with Gasteiger partial charge in [-0.3, -0.25) is 9.48 Å². The first kappa shape index (κ1) is 18.8. The Morgan fingerprint density at radius 2 is 2.16 bits per heavy atom. The van der Waals surface area contributed by atoms with Crippen molar-refractivity contribution in [2.24, 2.45) is 7.05 Å². The summed E-state index contributed by atoms with van der Waals surface area (Å²) in [4.78, 5) is 22.7. The molecule has 5 aromatic heterocycles. The molecule has 12 heteroatoms. The quantitative estimate of drug-likeness (QED) is 0.419. The molecular formula is C20H16ClN9O2. The number of hydrogen-bond donors (Lipinski definition) is 1. The van der Waals surface area contributed by atoms with Gasteiger partial charge >= 0.3 is 11.8 Å². The molecule has 1 atom stereocenters.